The van der Waals surface area contributed by atoms with Crippen molar-refractivity contribution in [2.45, 2.75) is 39.2 Å². The van der Waals surface area contributed by atoms with Crippen LogP contribution in [-0.2, 0) is 19.6 Å². The number of hydrogen-bond acceptors (Lipinski definition) is 5. The second kappa shape index (κ2) is 9.44. The number of sulfonamides is 1. The number of carboxylic acids is 1. The average Bonchev–Trinajstić information content (AvgIpc) is 2.43. The maximum absolute atomic E-state index is 12.2. The van der Waals surface area contributed by atoms with Gasteiger partial charge in [-0.3, -0.25) is 4.79 Å². The largest absolute Gasteiger partial charge is 0.481 e. The lowest BCUT2D eigenvalue weighted by molar-refractivity contribution is -0.137. The second-order valence-corrected chi connectivity index (χ2v) is 7.92. The first-order valence-electron chi connectivity index (χ1n) is 7.85. The molecule has 0 radical (unpaired) electrons. The topological polar surface area (TPSA) is 87.2 Å². The summed E-state index contributed by atoms with van der Waals surface area (Å²) in [7, 11) is -3.23. The van der Waals surface area contributed by atoms with Crippen LogP contribution in [0.3, 0.4) is 0 Å². The highest BCUT2D eigenvalue weighted by Gasteiger charge is 2.26. The molecule has 0 aliphatic carbocycles. The molecule has 1 saturated heterocycles. The van der Waals surface area contributed by atoms with Crippen molar-refractivity contribution in [2.24, 2.45) is 0 Å². The number of piperazine rings is 1. The van der Waals surface area contributed by atoms with E-state index in [-0.39, 0.29) is 24.9 Å². The van der Waals surface area contributed by atoms with Crippen molar-refractivity contribution >= 4 is 16.0 Å². The fourth-order valence-corrected chi connectivity index (χ4v) is 3.65. The molecule has 0 aromatic rings. The van der Waals surface area contributed by atoms with E-state index < -0.39 is 16.0 Å². The van der Waals surface area contributed by atoms with Gasteiger partial charge in [0.15, 0.2) is 0 Å². The molecular weight excluding hydrogens is 308 g/mol. The molecule has 1 rings (SSSR count). The first-order valence-corrected chi connectivity index (χ1v) is 9.46. The Balaban J connectivity index is 2.24. The van der Waals surface area contributed by atoms with Gasteiger partial charge in [0.05, 0.1) is 18.5 Å². The van der Waals surface area contributed by atoms with Gasteiger partial charge in [-0.05, 0) is 33.2 Å². The van der Waals surface area contributed by atoms with Gasteiger partial charge in [-0.1, -0.05) is 0 Å². The van der Waals surface area contributed by atoms with Crippen LogP contribution in [0.4, 0.5) is 0 Å². The number of carboxylic acid groups (broad SMARTS) is 1. The normalized spacial score (nSPS) is 18.0. The molecule has 8 heteroatoms. The van der Waals surface area contributed by atoms with Gasteiger partial charge in [0.25, 0.3) is 0 Å². The Labute approximate surface area is 133 Å². The van der Waals surface area contributed by atoms with Crippen molar-refractivity contribution in [3.05, 3.63) is 0 Å². The fraction of sp³-hybridized carbons (Fsp3) is 0.929. The SMILES string of the molecule is CC(C)OCCS(=O)(=O)N1CCN(CCCCC(=O)O)CC1. The van der Waals surface area contributed by atoms with Crippen molar-refractivity contribution in [1.82, 2.24) is 9.21 Å². The summed E-state index contributed by atoms with van der Waals surface area (Å²) in [6, 6.07) is 0. The molecule has 7 nitrogen and oxygen atoms in total. The maximum Gasteiger partial charge on any atom is 0.303 e. The van der Waals surface area contributed by atoms with Crippen LogP contribution in [0.15, 0.2) is 0 Å². The Morgan fingerprint density at radius 3 is 2.36 bits per heavy atom. The number of rotatable bonds is 10. The molecular formula is C14H28N2O5S. The smallest absolute Gasteiger partial charge is 0.303 e. The van der Waals surface area contributed by atoms with Crippen molar-refractivity contribution < 1.29 is 23.1 Å². The van der Waals surface area contributed by atoms with E-state index in [4.69, 9.17) is 9.84 Å². The number of aliphatic carboxylic acids is 1. The Bertz CT molecular complexity index is 431. The molecule has 0 amide bonds. The predicted octanol–water partition coefficient (Wildman–Crippen LogP) is 0.614. The second-order valence-electron chi connectivity index (χ2n) is 5.83. The van der Waals surface area contributed by atoms with Crippen molar-refractivity contribution in [1.29, 1.82) is 0 Å². The lowest BCUT2D eigenvalue weighted by atomic mass is 10.2. The third-order valence-electron chi connectivity index (χ3n) is 3.63. The van der Waals surface area contributed by atoms with Crippen LogP contribution < -0.4 is 0 Å². The summed E-state index contributed by atoms with van der Waals surface area (Å²) >= 11 is 0. The van der Waals surface area contributed by atoms with Crippen molar-refractivity contribution in [3.8, 4) is 0 Å². The minimum absolute atomic E-state index is 0.0315. The number of carbonyl (C=O) groups is 1. The highest BCUT2D eigenvalue weighted by atomic mass is 32.2. The minimum Gasteiger partial charge on any atom is -0.481 e. The number of unbranched alkanes of at least 4 members (excludes halogenated alkanes) is 1. The number of ether oxygens (including phenoxy) is 1. The van der Waals surface area contributed by atoms with Crippen molar-refractivity contribution in [2.75, 3.05) is 45.1 Å². The first kappa shape index (κ1) is 19.3. The molecule has 0 saturated carbocycles. The third kappa shape index (κ3) is 7.53. The van der Waals surface area contributed by atoms with Gasteiger partial charge in [-0.15, -0.1) is 0 Å². The van der Waals surface area contributed by atoms with E-state index in [0.29, 0.717) is 32.6 Å². The van der Waals surface area contributed by atoms with E-state index >= 15 is 0 Å². The van der Waals surface area contributed by atoms with Crippen LogP contribution in [0.25, 0.3) is 0 Å². The van der Waals surface area contributed by atoms with Crippen LogP contribution in [0.2, 0.25) is 0 Å². The summed E-state index contributed by atoms with van der Waals surface area (Å²) < 4.78 is 31.2. The first-order chi connectivity index (χ1) is 10.3. The highest BCUT2D eigenvalue weighted by molar-refractivity contribution is 7.89. The number of hydrogen-bond donors (Lipinski definition) is 1. The Morgan fingerprint density at radius 2 is 1.82 bits per heavy atom. The van der Waals surface area contributed by atoms with Crippen LogP contribution in [0.1, 0.15) is 33.1 Å². The summed E-state index contributed by atoms with van der Waals surface area (Å²) in [5, 5.41) is 8.58. The molecule has 0 bridgehead atoms. The molecule has 0 atom stereocenters. The molecule has 1 fully saturated rings. The quantitative estimate of drug-likeness (QED) is 0.588. The minimum atomic E-state index is -3.23. The standard InChI is InChI=1S/C14H28N2O5S/c1-13(2)21-11-12-22(19,20)16-9-7-15(8-10-16)6-4-3-5-14(17)18/h13H,3-12H2,1-2H3,(H,17,18). The van der Waals surface area contributed by atoms with Gasteiger partial charge in [-0.2, -0.15) is 4.31 Å². The fourth-order valence-electron chi connectivity index (χ4n) is 2.36. The molecule has 0 unspecified atom stereocenters. The van der Waals surface area contributed by atoms with Gasteiger partial charge >= 0.3 is 5.97 Å². The van der Waals surface area contributed by atoms with E-state index in [2.05, 4.69) is 4.90 Å². The monoisotopic (exact) mass is 336 g/mol. The van der Waals surface area contributed by atoms with Crippen LogP contribution in [0.5, 0.6) is 0 Å². The molecule has 1 N–H and O–H groups in total. The van der Waals surface area contributed by atoms with Gasteiger partial charge in [0.1, 0.15) is 0 Å². The Kier molecular flexibility index (Phi) is 8.30. The van der Waals surface area contributed by atoms with Gasteiger partial charge in [0, 0.05) is 32.6 Å². The van der Waals surface area contributed by atoms with Crippen LogP contribution in [-0.4, -0.2) is 79.9 Å². The molecule has 0 spiro atoms. The van der Waals surface area contributed by atoms with E-state index in [1.54, 1.807) is 0 Å². The average molecular weight is 336 g/mol. The Morgan fingerprint density at radius 1 is 1.18 bits per heavy atom. The highest BCUT2D eigenvalue weighted by Crippen LogP contribution is 2.10. The van der Waals surface area contributed by atoms with E-state index in [1.807, 2.05) is 13.8 Å². The zero-order valence-electron chi connectivity index (χ0n) is 13.5. The summed E-state index contributed by atoms with van der Waals surface area (Å²) in [5.74, 6) is -0.733. The van der Waals surface area contributed by atoms with Gasteiger partial charge in [-0.25, -0.2) is 8.42 Å². The zero-order chi connectivity index (χ0) is 16.6. The van der Waals surface area contributed by atoms with Crippen LogP contribution >= 0.6 is 0 Å². The number of nitrogens with zero attached hydrogens (tertiary/aromatic N) is 2. The summed E-state index contributed by atoms with van der Waals surface area (Å²) in [6.45, 7) is 7.25. The molecule has 0 aromatic carbocycles. The lowest BCUT2D eigenvalue weighted by Gasteiger charge is -2.34. The summed E-state index contributed by atoms with van der Waals surface area (Å²) in [5.41, 5.74) is 0. The Hall–Kier alpha value is -0.700. The summed E-state index contributed by atoms with van der Waals surface area (Å²) in [4.78, 5) is 12.6. The molecule has 1 heterocycles. The molecule has 1 aliphatic heterocycles. The predicted molar refractivity (Wildman–Crippen MR) is 84.4 cm³/mol. The third-order valence-corrected chi connectivity index (χ3v) is 5.47. The van der Waals surface area contributed by atoms with Gasteiger partial charge < -0.3 is 14.7 Å². The van der Waals surface area contributed by atoms with Crippen molar-refractivity contribution in [3.63, 3.8) is 0 Å². The lowest BCUT2D eigenvalue weighted by Crippen LogP contribution is -2.49. The van der Waals surface area contributed by atoms with E-state index in [0.717, 1.165) is 13.0 Å². The zero-order valence-corrected chi connectivity index (χ0v) is 14.3. The maximum atomic E-state index is 12.2. The van der Waals surface area contributed by atoms with Gasteiger partial charge in [0.2, 0.25) is 10.0 Å². The molecule has 22 heavy (non-hydrogen) atoms. The van der Waals surface area contributed by atoms with E-state index in [9.17, 15) is 13.2 Å². The van der Waals surface area contributed by atoms with E-state index in [1.165, 1.54) is 4.31 Å². The molecule has 0 aromatic heterocycles. The van der Waals surface area contributed by atoms with Crippen LogP contribution in [0, 0.1) is 0 Å². The molecule has 130 valence electrons. The summed E-state index contributed by atoms with van der Waals surface area (Å²) in [6.07, 6.45) is 1.74. The molecule has 1 aliphatic rings.